The molecule has 2 aromatic carbocycles. The summed E-state index contributed by atoms with van der Waals surface area (Å²) in [5.74, 6) is -0.552. The van der Waals surface area contributed by atoms with Crippen molar-refractivity contribution in [3.8, 4) is 5.75 Å². The Morgan fingerprint density at radius 1 is 1.26 bits per heavy atom. The summed E-state index contributed by atoms with van der Waals surface area (Å²) in [6, 6.07) is 11.6. The van der Waals surface area contributed by atoms with Gasteiger partial charge in [-0.3, -0.25) is 4.79 Å². The minimum atomic E-state index is -0.400. The van der Waals surface area contributed by atoms with Gasteiger partial charge < -0.3 is 16.2 Å². The van der Waals surface area contributed by atoms with Gasteiger partial charge in [-0.05, 0) is 35.9 Å². The highest BCUT2D eigenvalue weighted by Crippen LogP contribution is 2.23. The molecule has 0 saturated carbocycles. The van der Waals surface area contributed by atoms with Gasteiger partial charge in [0.15, 0.2) is 0 Å². The van der Waals surface area contributed by atoms with E-state index in [1.54, 1.807) is 24.3 Å². The monoisotopic (exact) mass is 276 g/mol. The molecule has 0 unspecified atom stereocenters. The molecule has 5 heteroatoms. The molecule has 0 radical (unpaired) electrons. The van der Waals surface area contributed by atoms with Gasteiger partial charge in [0.1, 0.15) is 5.75 Å². The number of nitrogens with one attached hydrogen (secondary N) is 1. The zero-order valence-electron chi connectivity index (χ0n) is 10.1. The molecular formula is C14H13ClN2O2. The first kappa shape index (κ1) is 13.4. The Kier molecular flexibility index (Phi) is 4.04. The maximum Gasteiger partial charge on any atom is 0.259 e. The second-order valence-electron chi connectivity index (χ2n) is 4.02. The number of aromatic hydroxyl groups is 1. The Balaban J connectivity index is 2.20. The Morgan fingerprint density at radius 2 is 2.05 bits per heavy atom. The molecule has 0 heterocycles. The van der Waals surface area contributed by atoms with E-state index in [1.807, 2.05) is 6.07 Å². The lowest BCUT2D eigenvalue weighted by molar-refractivity contribution is 0.102. The standard InChI is InChI=1S/C14H13ClN2O2/c15-10-4-5-12(13(18)7-10)14(19)17-11-3-1-2-9(6-11)8-16/h1-7,18H,8,16H2,(H,17,19). The van der Waals surface area contributed by atoms with E-state index in [1.165, 1.54) is 12.1 Å². The van der Waals surface area contributed by atoms with Crippen LogP contribution in [0.4, 0.5) is 5.69 Å². The van der Waals surface area contributed by atoms with Gasteiger partial charge in [0, 0.05) is 17.3 Å². The number of hydrogen-bond acceptors (Lipinski definition) is 3. The van der Waals surface area contributed by atoms with Crippen LogP contribution in [0.2, 0.25) is 5.02 Å². The van der Waals surface area contributed by atoms with Crippen LogP contribution in [0.1, 0.15) is 15.9 Å². The molecule has 0 aliphatic carbocycles. The SMILES string of the molecule is NCc1cccc(NC(=O)c2ccc(Cl)cc2O)c1. The minimum Gasteiger partial charge on any atom is -0.507 e. The smallest absolute Gasteiger partial charge is 0.259 e. The highest BCUT2D eigenvalue weighted by molar-refractivity contribution is 6.30. The number of nitrogens with two attached hydrogens (primary N) is 1. The third kappa shape index (κ3) is 3.24. The normalized spacial score (nSPS) is 10.2. The Bertz CT molecular complexity index is 614. The second kappa shape index (κ2) is 5.73. The molecule has 4 N–H and O–H groups in total. The highest BCUT2D eigenvalue weighted by Gasteiger charge is 2.11. The molecule has 0 aliphatic heterocycles. The van der Waals surface area contributed by atoms with Gasteiger partial charge in [0.2, 0.25) is 0 Å². The van der Waals surface area contributed by atoms with Gasteiger partial charge in [-0.15, -0.1) is 0 Å². The predicted octanol–water partition coefficient (Wildman–Crippen LogP) is 2.76. The summed E-state index contributed by atoms with van der Waals surface area (Å²) in [5.41, 5.74) is 7.25. The van der Waals surface area contributed by atoms with Gasteiger partial charge in [-0.1, -0.05) is 23.7 Å². The van der Waals surface area contributed by atoms with Crippen molar-refractivity contribution in [2.75, 3.05) is 5.32 Å². The summed E-state index contributed by atoms with van der Waals surface area (Å²) in [5, 5.41) is 12.7. The summed E-state index contributed by atoms with van der Waals surface area (Å²) >= 11 is 5.72. The summed E-state index contributed by atoms with van der Waals surface area (Å²) in [6.45, 7) is 0.399. The van der Waals surface area contributed by atoms with Crippen LogP contribution < -0.4 is 11.1 Å². The van der Waals surface area contributed by atoms with E-state index in [4.69, 9.17) is 17.3 Å². The first-order valence-corrected chi connectivity index (χ1v) is 6.07. The first-order chi connectivity index (χ1) is 9.10. The fourth-order valence-corrected chi connectivity index (χ4v) is 1.84. The third-order valence-electron chi connectivity index (χ3n) is 2.62. The number of anilines is 1. The molecule has 0 atom stereocenters. The summed E-state index contributed by atoms with van der Waals surface area (Å²) in [6.07, 6.45) is 0. The molecule has 2 rings (SSSR count). The molecule has 0 bridgehead atoms. The van der Waals surface area contributed by atoms with Crippen LogP contribution in [0.5, 0.6) is 5.75 Å². The number of carbonyl (C=O) groups is 1. The zero-order chi connectivity index (χ0) is 13.8. The number of phenols is 1. The number of rotatable bonds is 3. The summed E-state index contributed by atoms with van der Waals surface area (Å²) < 4.78 is 0. The minimum absolute atomic E-state index is 0.153. The first-order valence-electron chi connectivity index (χ1n) is 5.69. The van der Waals surface area contributed by atoms with E-state index >= 15 is 0 Å². The van der Waals surface area contributed by atoms with Gasteiger partial charge >= 0.3 is 0 Å². The van der Waals surface area contributed by atoms with Crippen molar-refractivity contribution < 1.29 is 9.90 Å². The number of hydrogen-bond donors (Lipinski definition) is 3. The highest BCUT2D eigenvalue weighted by atomic mass is 35.5. The van der Waals surface area contributed by atoms with Crippen molar-refractivity contribution >= 4 is 23.2 Å². The molecule has 98 valence electrons. The van der Waals surface area contributed by atoms with Gasteiger partial charge in [0.05, 0.1) is 5.56 Å². The number of amides is 1. The average molecular weight is 277 g/mol. The van der Waals surface area contributed by atoms with E-state index < -0.39 is 5.91 Å². The Hall–Kier alpha value is -2.04. The van der Waals surface area contributed by atoms with Crippen LogP contribution in [0.15, 0.2) is 42.5 Å². The number of benzene rings is 2. The average Bonchev–Trinajstić information content (AvgIpc) is 2.38. The van der Waals surface area contributed by atoms with Crippen LogP contribution in [-0.2, 0) is 6.54 Å². The van der Waals surface area contributed by atoms with Crippen LogP contribution >= 0.6 is 11.6 Å². The van der Waals surface area contributed by atoms with Crippen molar-refractivity contribution in [3.63, 3.8) is 0 Å². The molecule has 0 fully saturated rings. The molecule has 0 spiro atoms. The van der Waals surface area contributed by atoms with E-state index in [0.29, 0.717) is 17.3 Å². The molecule has 19 heavy (non-hydrogen) atoms. The lowest BCUT2D eigenvalue weighted by Crippen LogP contribution is -2.12. The summed E-state index contributed by atoms with van der Waals surface area (Å²) in [7, 11) is 0. The molecule has 1 amide bonds. The topological polar surface area (TPSA) is 75.3 Å². The number of phenolic OH excluding ortho intramolecular Hbond substituents is 1. The van der Waals surface area contributed by atoms with E-state index in [0.717, 1.165) is 5.56 Å². The summed E-state index contributed by atoms with van der Waals surface area (Å²) in [4.78, 5) is 12.0. The van der Waals surface area contributed by atoms with E-state index in [9.17, 15) is 9.90 Å². The van der Waals surface area contributed by atoms with Crippen molar-refractivity contribution in [1.29, 1.82) is 0 Å². The van der Waals surface area contributed by atoms with Gasteiger partial charge in [-0.2, -0.15) is 0 Å². The van der Waals surface area contributed by atoms with Crippen molar-refractivity contribution in [2.45, 2.75) is 6.54 Å². The fourth-order valence-electron chi connectivity index (χ4n) is 1.67. The maximum atomic E-state index is 12.0. The molecule has 0 aromatic heterocycles. The molecular weight excluding hydrogens is 264 g/mol. The Labute approximate surface area is 115 Å². The second-order valence-corrected chi connectivity index (χ2v) is 4.46. The molecule has 4 nitrogen and oxygen atoms in total. The Morgan fingerprint density at radius 3 is 2.74 bits per heavy atom. The predicted molar refractivity (Wildman–Crippen MR) is 75.4 cm³/mol. The molecule has 0 aliphatic rings. The number of halogens is 1. The largest absolute Gasteiger partial charge is 0.507 e. The zero-order valence-corrected chi connectivity index (χ0v) is 10.8. The lowest BCUT2D eigenvalue weighted by atomic mass is 10.1. The molecule has 2 aromatic rings. The van der Waals surface area contributed by atoms with Crippen LogP contribution in [0.3, 0.4) is 0 Å². The van der Waals surface area contributed by atoms with E-state index in [-0.39, 0.29) is 11.3 Å². The van der Waals surface area contributed by atoms with Crippen molar-refractivity contribution in [3.05, 3.63) is 58.6 Å². The van der Waals surface area contributed by atoms with Crippen LogP contribution in [-0.4, -0.2) is 11.0 Å². The van der Waals surface area contributed by atoms with Gasteiger partial charge in [0.25, 0.3) is 5.91 Å². The number of carbonyl (C=O) groups excluding carboxylic acids is 1. The fraction of sp³-hybridized carbons (Fsp3) is 0.0714. The van der Waals surface area contributed by atoms with Crippen molar-refractivity contribution in [1.82, 2.24) is 0 Å². The third-order valence-corrected chi connectivity index (χ3v) is 2.86. The van der Waals surface area contributed by atoms with Crippen LogP contribution in [0.25, 0.3) is 0 Å². The van der Waals surface area contributed by atoms with Gasteiger partial charge in [-0.25, -0.2) is 0 Å². The quantitative estimate of drug-likeness (QED) is 0.807. The lowest BCUT2D eigenvalue weighted by Gasteiger charge is -2.08. The maximum absolute atomic E-state index is 12.0. The van der Waals surface area contributed by atoms with E-state index in [2.05, 4.69) is 5.32 Å². The van der Waals surface area contributed by atoms with Crippen LogP contribution in [0, 0.1) is 0 Å². The molecule has 0 saturated heterocycles. The van der Waals surface area contributed by atoms with Crippen molar-refractivity contribution in [2.24, 2.45) is 5.73 Å².